The molecule has 5 nitrogen and oxygen atoms in total. The molecular weight excluding hydrogens is 379 g/mol. The zero-order valence-corrected chi connectivity index (χ0v) is 15.3. The SMILES string of the molecule is CN(C)C(=O)CN=C(NC1CC1)NC1CC2CCC1C2.I. The second kappa shape index (κ2) is 7.15. The maximum atomic E-state index is 11.7. The first kappa shape index (κ1) is 16.8. The van der Waals surface area contributed by atoms with Crippen molar-refractivity contribution in [1.82, 2.24) is 15.5 Å². The molecule has 0 saturated heterocycles. The van der Waals surface area contributed by atoms with Gasteiger partial charge in [0.15, 0.2) is 5.96 Å². The quantitative estimate of drug-likeness (QED) is 0.424. The van der Waals surface area contributed by atoms with Crippen molar-refractivity contribution in [2.45, 2.75) is 50.6 Å². The Morgan fingerprint density at radius 2 is 1.90 bits per heavy atom. The third-order valence-electron chi connectivity index (χ3n) is 4.85. The van der Waals surface area contributed by atoms with E-state index in [1.165, 1.54) is 38.5 Å². The van der Waals surface area contributed by atoms with Crippen molar-refractivity contribution in [2.75, 3.05) is 20.6 Å². The van der Waals surface area contributed by atoms with Crippen molar-refractivity contribution in [3.63, 3.8) is 0 Å². The third-order valence-corrected chi connectivity index (χ3v) is 4.85. The van der Waals surface area contributed by atoms with E-state index in [0.29, 0.717) is 12.1 Å². The lowest BCUT2D eigenvalue weighted by Gasteiger charge is -2.25. The summed E-state index contributed by atoms with van der Waals surface area (Å²) in [6.07, 6.45) is 7.86. The molecule has 2 N–H and O–H groups in total. The van der Waals surface area contributed by atoms with Gasteiger partial charge in [0.05, 0.1) is 0 Å². The molecule has 3 rings (SSSR count). The Morgan fingerprint density at radius 3 is 2.43 bits per heavy atom. The molecule has 0 aromatic rings. The van der Waals surface area contributed by atoms with E-state index in [1.54, 1.807) is 19.0 Å². The minimum Gasteiger partial charge on any atom is -0.354 e. The van der Waals surface area contributed by atoms with Crippen LogP contribution in [0, 0.1) is 11.8 Å². The van der Waals surface area contributed by atoms with Crippen molar-refractivity contribution in [1.29, 1.82) is 0 Å². The Balaban J connectivity index is 0.00000161. The number of likely N-dealkylation sites (N-methyl/N-ethyl adjacent to an activating group) is 1. The Labute approximate surface area is 144 Å². The number of nitrogens with zero attached hydrogens (tertiary/aromatic N) is 2. The van der Waals surface area contributed by atoms with Gasteiger partial charge in [-0.15, -0.1) is 24.0 Å². The van der Waals surface area contributed by atoms with E-state index in [4.69, 9.17) is 0 Å². The highest BCUT2D eigenvalue weighted by Gasteiger charge is 2.40. The van der Waals surface area contributed by atoms with Crippen LogP contribution >= 0.6 is 24.0 Å². The predicted octanol–water partition coefficient (Wildman–Crippen LogP) is 1.58. The summed E-state index contributed by atoms with van der Waals surface area (Å²) in [7, 11) is 3.55. The van der Waals surface area contributed by atoms with Crippen LogP contribution in [-0.2, 0) is 4.79 Å². The molecule has 21 heavy (non-hydrogen) atoms. The number of nitrogens with one attached hydrogen (secondary N) is 2. The number of carbonyl (C=O) groups is 1. The highest BCUT2D eigenvalue weighted by atomic mass is 127. The minimum absolute atomic E-state index is 0. The normalized spacial score (nSPS) is 30.8. The fourth-order valence-corrected chi connectivity index (χ4v) is 3.44. The van der Waals surface area contributed by atoms with E-state index in [9.17, 15) is 4.79 Å². The molecule has 3 saturated carbocycles. The second-order valence-electron chi connectivity index (χ2n) is 6.80. The van der Waals surface area contributed by atoms with E-state index in [0.717, 1.165) is 17.8 Å². The summed E-state index contributed by atoms with van der Waals surface area (Å²) in [6.45, 7) is 0.232. The lowest BCUT2D eigenvalue weighted by Crippen LogP contribution is -2.46. The third kappa shape index (κ3) is 4.47. The van der Waals surface area contributed by atoms with Crippen LogP contribution in [0.5, 0.6) is 0 Å². The maximum absolute atomic E-state index is 11.7. The van der Waals surface area contributed by atoms with Crippen molar-refractivity contribution >= 4 is 35.8 Å². The van der Waals surface area contributed by atoms with Crippen LogP contribution in [0.2, 0.25) is 0 Å². The lowest BCUT2D eigenvalue weighted by molar-refractivity contribution is -0.127. The molecule has 0 radical (unpaired) electrons. The maximum Gasteiger partial charge on any atom is 0.243 e. The van der Waals surface area contributed by atoms with Crippen molar-refractivity contribution in [2.24, 2.45) is 16.8 Å². The molecule has 3 aliphatic rings. The zero-order valence-electron chi connectivity index (χ0n) is 13.0. The molecule has 0 aliphatic heterocycles. The molecule has 6 heteroatoms. The van der Waals surface area contributed by atoms with Gasteiger partial charge >= 0.3 is 0 Å². The summed E-state index contributed by atoms with van der Waals surface area (Å²) in [5.41, 5.74) is 0. The Kier molecular flexibility index (Phi) is 5.73. The number of aliphatic imine (C=N–C) groups is 1. The number of fused-ring (bicyclic) bond motifs is 2. The number of guanidine groups is 1. The molecule has 3 aliphatic carbocycles. The first-order valence-corrected chi connectivity index (χ1v) is 7.89. The summed E-state index contributed by atoms with van der Waals surface area (Å²) in [5.74, 6) is 2.63. The Bertz CT molecular complexity index is 408. The number of halogens is 1. The molecule has 2 bridgehead atoms. The summed E-state index contributed by atoms with van der Waals surface area (Å²) >= 11 is 0. The number of hydrogen-bond acceptors (Lipinski definition) is 2. The van der Waals surface area contributed by atoms with Crippen molar-refractivity contribution < 1.29 is 4.79 Å². The molecule has 3 unspecified atom stereocenters. The van der Waals surface area contributed by atoms with Gasteiger partial charge in [0.2, 0.25) is 5.91 Å². The van der Waals surface area contributed by atoms with Gasteiger partial charge in [0.1, 0.15) is 6.54 Å². The molecule has 120 valence electrons. The number of carbonyl (C=O) groups excluding carboxylic acids is 1. The van der Waals surface area contributed by atoms with E-state index in [2.05, 4.69) is 15.6 Å². The van der Waals surface area contributed by atoms with E-state index < -0.39 is 0 Å². The standard InChI is InChI=1S/C15H26N4O.HI/c1-19(2)14(20)9-16-15(17-12-5-6-12)18-13-8-10-3-4-11(13)7-10;/h10-13H,3-9H2,1-2H3,(H2,16,17,18);1H. The van der Waals surface area contributed by atoms with Crippen molar-refractivity contribution in [3.8, 4) is 0 Å². The lowest BCUT2D eigenvalue weighted by atomic mass is 9.95. The van der Waals surface area contributed by atoms with Gasteiger partial charge < -0.3 is 15.5 Å². The largest absolute Gasteiger partial charge is 0.354 e. The van der Waals surface area contributed by atoms with Crippen LogP contribution in [-0.4, -0.2) is 49.5 Å². The van der Waals surface area contributed by atoms with Crippen LogP contribution < -0.4 is 10.6 Å². The molecule has 3 fully saturated rings. The fraction of sp³-hybridized carbons (Fsp3) is 0.867. The van der Waals surface area contributed by atoms with Crippen LogP contribution in [0.1, 0.15) is 38.5 Å². The van der Waals surface area contributed by atoms with Crippen LogP contribution in [0.25, 0.3) is 0 Å². The highest BCUT2D eigenvalue weighted by molar-refractivity contribution is 14.0. The summed E-state index contributed by atoms with van der Waals surface area (Å²) < 4.78 is 0. The topological polar surface area (TPSA) is 56.7 Å². The molecule has 0 aromatic carbocycles. The van der Waals surface area contributed by atoms with Gasteiger partial charge in [0.25, 0.3) is 0 Å². The van der Waals surface area contributed by atoms with Gasteiger partial charge in [-0.2, -0.15) is 0 Å². The van der Waals surface area contributed by atoms with Gasteiger partial charge in [0, 0.05) is 26.2 Å². The summed E-state index contributed by atoms with van der Waals surface area (Å²) in [4.78, 5) is 17.7. The smallest absolute Gasteiger partial charge is 0.243 e. The van der Waals surface area contributed by atoms with Gasteiger partial charge in [-0.25, -0.2) is 4.99 Å². The summed E-state index contributed by atoms with van der Waals surface area (Å²) in [5, 5.41) is 7.02. The van der Waals surface area contributed by atoms with Gasteiger partial charge in [-0.1, -0.05) is 6.42 Å². The summed E-state index contributed by atoms with van der Waals surface area (Å²) in [6, 6.07) is 1.13. The molecule has 1 amide bonds. The molecule has 0 heterocycles. The second-order valence-corrected chi connectivity index (χ2v) is 6.80. The van der Waals surface area contributed by atoms with Crippen molar-refractivity contribution in [3.05, 3.63) is 0 Å². The van der Waals surface area contributed by atoms with E-state index in [-0.39, 0.29) is 36.4 Å². The zero-order chi connectivity index (χ0) is 14.1. The molecule has 3 atom stereocenters. The van der Waals surface area contributed by atoms with Gasteiger partial charge in [-0.3, -0.25) is 4.79 Å². The first-order chi connectivity index (χ1) is 9.61. The molecular formula is C15H27IN4O. The average molecular weight is 406 g/mol. The van der Waals surface area contributed by atoms with E-state index >= 15 is 0 Å². The number of rotatable bonds is 4. The Hall–Kier alpha value is -0.530. The minimum atomic E-state index is 0. The first-order valence-electron chi connectivity index (χ1n) is 7.89. The van der Waals surface area contributed by atoms with E-state index in [1.807, 2.05) is 0 Å². The monoisotopic (exact) mass is 406 g/mol. The van der Waals surface area contributed by atoms with Crippen LogP contribution in [0.15, 0.2) is 4.99 Å². The molecule has 0 spiro atoms. The Morgan fingerprint density at radius 1 is 1.14 bits per heavy atom. The molecule has 0 aromatic heterocycles. The fourth-order valence-electron chi connectivity index (χ4n) is 3.44. The number of amides is 1. The van der Waals surface area contributed by atoms with Crippen LogP contribution in [0.4, 0.5) is 0 Å². The average Bonchev–Trinajstić information content (AvgIpc) is 2.98. The number of hydrogen-bond donors (Lipinski definition) is 2. The van der Waals surface area contributed by atoms with Crippen LogP contribution in [0.3, 0.4) is 0 Å². The predicted molar refractivity (Wildman–Crippen MR) is 94.9 cm³/mol. The van der Waals surface area contributed by atoms with Gasteiger partial charge in [-0.05, 0) is 43.9 Å². The highest BCUT2D eigenvalue weighted by Crippen LogP contribution is 2.44.